The second-order valence-electron chi connectivity index (χ2n) is 3.79. The first kappa shape index (κ1) is 8.20. The van der Waals surface area contributed by atoms with E-state index in [1.54, 1.807) is 0 Å². The molecule has 1 aliphatic heterocycles. The molecule has 0 aromatic rings. The van der Waals surface area contributed by atoms with E-state index < -0.39 is 5.79 Å². The average molecular weight is 170 g/mol. The first-order valence-corrected chi connectivity index (χ1v) is 4.50. The van der Waals surface area contributed by atoms with E-state index in [0.29, 0.717) is 12.2 Å². The first-order valence-electron chi connectivity index (χ1n) is 4.50. The minimum atomic E-state index is -0.396. The standard InChI is InChI=1S/C9H14O3/c1-6-5-9(4-3-8(6)10)11-7(2)12-9/h6-7H,3-5H2,1-2H3. The molecule has 1 atom stereocenters. The third kappa shape index (κ3) is 1.17. The number of ketones is 1. The summed E-state index contributed by atoms with van der Waals surface area (Å²) in [7, 11) is 0. The molecule has 1 unspecified atom stereocenters. The Morgan fingerprint density at radius 3 is 2.58 bits per heavy atom. The summed E-state index contributed by atoms with van der Waals surface area (Å²) in [5.41, 5.74) is 0. The van der Waals surface area contributed by atoms with Gasteiger partial charge in [-0.05, 0) is 6.92 Å². The van der Waals surface area contributed by atoms with Crippen molar-refractivity contribution >= 4 is 5.78 Å². The summed E-state index contributed by atoms with van der Waals surface area (Å²) in [6.07, 6.45) is 2.00. The predicted octanol–water partition coefficient (Wildman–Crippen LogP) is 1.46. The van der Waals surface area contributed by atoms with Crippen molar-refractivity contribution in [3.05, 3.63) is 0 Å². The van der Waals surface area contributed by atoms with Crippen molar-refractivity contribution in [2.45, 2.75) is 45.2 Å². The lowest BCUT2D eigenvalue weighted by Crippen LogP contribution is -2.55. The van der Waals surface area contributed by atoms with Crippen LogP contribution in [0.15, 0.2) is 0 Å². The van der Waals surface area contributed by atoms with Crippen molar-refractivity contribution in [1.29, 1.82) is 0 Å². The van der Waals surface area contributed by atoms with Crippen molar-refractivity contribution in [1.82, 2.24) is 0 Å². The van der Waals surface area contributed by atoms with Crippen LogP contribution >= 0.6 is 0 Å². The molecule has 0 aromatic carbocycles. The largest absolute Gasteiger partial charge is 0.321 e. The van der Waals surface area contributed by atoms with Gasteiger partial charge in [-0.1, -0.05) is 6.92 Å². The number of hydrogen-bond donors (Lipinski definition) is 0. The molecule has 3 nitrogen and oxygen atoms in total. The molecule has 1 heterocycles. The highest BCUT2D eigenvalue weighted by Gasteiger charge is 2.49. The van der Waals surface area contributed by atoms with Crippen LogP contribution in [0.3, 0.4) is 0 Å². The molecule has 1 saturated carbocycles. The number of hydrogen-bond acceptors (Lipinski definition) is 3. The van der Waals surface area contributed by atoms with Crippen LogP contribution in [0.1, 0.15) is 33.1 Å². The molecule has 0 N–H and O–H groups in total. The molecule has 12 heavy (non-hydrogen) atoms. The van der Waals surface area contributed by atoms with Crippen molar-refractivity contribution in [2.75, 3.05) is 0 Å². The monoisotopic (exact) mass is 170 g/mol. The molecule has 68 valence electrons. The van der Waals surface area contributed by atoms with Crippen molar-refractivity contribution in [3.8, 4) is 0 Å². The Hall–Kier alpha value is -0.410. The lowest BCUT2D eigenvalue weighted by molar-refractivity contribution is -0.453. The van der Waals surface area contributed by atoms with Gasteiger partial charge in [0.25, 0.3) is 0 Å². The average Bonchev–Trinajstić information content (AvgIpc) is 1.95. The maximum absolute atomic E-state index is 11.2. The molecule has 0 aromatic heterocycles. The van der Waals surface area contributed by atoms with Gasteiger partial charge in [-0.15, -0.1) is 0 Å². The highest BCUT2D eigenvalue weighted by molar-refractivity contribution is 5.81. The first-order chi connectivity index (χ1) is 5.61. The van der Waals surface area contributed by atoms with Gasteiger partial charge in [0.2, 0.25) is 0 Å². The minimum Gasteiger partial charge on any atom is -0.321 e. The smallest absolute Gasteiger partial charge is 0.175 e. The molecule has 0 bridgehead atoms. The zero-order valence-corrected chi connectivity index (χ0v) is 7.50. The van der Waals surface area contributed by atoms with Gasteiger partial charge in [0, 0.05) is 25.2 Å². The molecule has 1 aliphatic carbocycles. The molecule has 2 fully saturated rings. The summed E-state index contributed by atoms with van der Waals surface area (Å²) in [5, 5.41) is 0. The Morgan fingerprint density at radius 1 is 1.42 bits per heavy atom. The van der Waals surface area contributed by atoms with Crippen molar-refractivity contribution in [2.24, 2.45) is 5.92 Å². The van der Waals surface area contributed by atoms with Gasteiger partial charge in [-0.3, -0.25) is 4.79 Å². The number of rotatable bonds is 0. The van der Waals surface area contributed by atoms with Gasteiger partial charge < -0.3 is 9.47 Å². The third-order valence-corrected chi connectivity index (χ3v) is 2.68. The summed E-state index contributed by atoms with van der Waals surface area (Å²) in [5.74, 6) is 0.0471. The normalized spacial score (nSPS) is 47.7. The lowest BCUT2D eigenvalue weighted by atomic mass is 9.84. The van der Waals surface area contributed by atoms with E-state index in [-0.39, 0.29) is 12.2 Å². The van der Waals surface area contributed by atoms with E-state index in [0.717, 1.165) is 12.8 Å². The molecular weight excluding hydrogens is 156 g/mol. The Morgan fingerprint density at radius 2 is 2.08 bits per heavy atom. The van der Waals surface area contributed by atoms with Crippen LogP contribution in [0.4, 0.5) is 0 Å². The van der Waals surface area contributed by atoms with Crippen LogP contribution in [0, 0.1) is 5.92 Å². The van der Waals surface area contributed by atoms with Crippen LogP contribution in [-0.4, -0.2) is 17.9 Å². The maximum Gasteiger partial charge on any atom is 0.175 e. The third-order valence-electron chi connectivity index (χ3n) is 2.68. The zero-order chi connectivity index (χ0) is 8.77. The number of carbonyl (C=O) groups is 1. The molecule has 1 saturated heterocycles. The summed E-state index contributed by atoms with van der Waals surface area (Å²) in [6, 6.07) is 0. The highest BCUT2D eigenvalue weighted by atomic mass is 16.9. The number of Topliss-reactive ketones (excluding diaryl/α,β-unsaturated/α-hetero) is 1. The second-order valence-corrected chi connectivity index (χ2v) is 3.79. The molecule has 0 amide bonds. The molecule has 2 aliphatic rings. The summed E-state index contributed by atoms with van der Waals surface area (Å²) in [4.78, 5) is 11.2. The fourth-order valence-corrected chi connectivity index (χ4v) is 2.07. The topological polar surface area (TPSA) is 35.5 Å². The van der Waals surface area contributed by atoms with Crippen LogP contribution in [0.2, 0.25) is 0 Å². The van der Waals surface area contributed by atoms with E-state index >= 15 is 0 Å². The quantitative estimate of drug-likeness (QED) is 0.552. The Balaban J connectivity index is 1.99. The second kappa shape index (κ2) is 2.54. The summed E-state index contributed by atoms with van der Waals surface area (Å²) >= 11 is 0. The molecule has 0 radical (unpaired) electrons. The SMILES string of the molecule is CC1OC2(CCC(=O)C(C)C2)O1. The van der Waals surface area contributed by atoms with E-state index in [4.69, 9.17) is 9.47 Å². The van der Waals surface area contributed by atoms with E-state index in [9.17, 15) is 4.79 Å². The summed E-state index contributed by atoms with van der Waals surface area (Å²) in [6.45, 7) is 3.82. The Kier molecular flexibility index (Phi) is 1.73. The zero-order valence-electron chi connectivity index (χ0n) is 7.50. The fraction of sp³-hybridized carbons (Fsp3) is 0.889. The molecule has 2 rings (SSSR count). The van der Waals surface area contributed by atoms with Gasteiger partial charge in [0.15, 0.2) is 12.1 Å². The minimum absolute atomic E-state index is 0.0783. The summed E-state index contributed by atoms with van der Waals surface area (Å²) < 4.78 is 11.0. The van der Waals surface area contributed by atoms with E-state index in [1.807, 2.05) is 13.8 Å². The van der Waals surface area contributed by atoms with Crippen LogP contribution < -0.4 is 0 Å². The fourth-order valence-electron chi connectivity index (χ4n) is 2.07. The molecule has 1 spiro atoms. The van der Waals surface area contributed by atoms with Gasteiger partial charge in [0.1, 0.15) is 5.78 Å². The van der Waals surface area contributed by atoms with Gasteiger partial charge >= 0.3 is 0 Å². The lowest BCUT2D eigenvalue weighted by Gasteiger charge is -2.49. The Labute approximate surface area is 72.0 Å². The van der Waals surface area contributed by atoms with Gasteiger partial charge in [-0.2, -0.15) is 0 Å². The van der Waals surface area contributed by atoms with Crippen LogP contribution in [0.25, 0.3) is 0 Å². The predicted molar refractivity (Wildman–Crippen MR) is 42.4 cm³/mol. The van der Waals surface area contributed by atoms with E-state index in [1.165, 1.54) is 0 Å². The molecule has 3 heteroatoms. The highest BCUT2D eigenvalue weighted by Crippen LogP contribution is 2.42. The van der Waals surface area contributed by atoms with Crippen LogP contribution in [0.5, 0.6) is 0 Å². The van der Waals surface area contributed by atoms with Crippen molar-refractivity contribution in [3.63, 3.8) is 0 Å². The Bertz CT molecular complexity index is 206. The number of ether oxygens (including phenoxy) is 2. The van der Waals surface area contributed by atoms with Gasteiger partial charge in [0.05, 0.1) is 0 Å². The molecular formula is C9H14O3. The van der Waals surface area contributed by atoms with Crippen LogP contribution in [-0.2, 0) is 14.3 Å². The van der Waals surface area contributed by atoms with Gasteiger partial charge in [-0.25, -0.2) is 0 Å². The maximum atomic E-state index is 11.2. The number of carbonyl (C=O) groups excluding carboxylic acids is 1. The van der Waals surface area contributed by atoms with Crippen molar-refractivity contribution < 1.29 is 14.3 Å². The van der Waals surface area contributed by atoms with E-state index in [2.05, 4.69) is 0 Å².